The third-order valence-electron chi connectivity index (χ3n) is 0.940. The van der Waals surface area contributed by atoms with Crippen molar-refractivity contribution in [2.24, 2.45) is 0 Å². The second-order valence-electron chi connectivity index (χ2n) is 1.51. The Kier molecular flexibility index (Phi) is 5.09. The van der Waals surface area contributed by atoms with E-state index in [-0.39, 0.29) is 0 Å². The van der Waals surface area contributed by atoms with E-state index in [4.69, 9.17) is 6.42 Å². The van der Waals surface area contributed by atoms with E-state index in [0.29, 0.717) is 7.18 Å². The molecule has 0 saturated heterocycles. The second-order valence-corrected chi connectivity index (χ2v) is 1.51. The van der Waals surface area contributed by atoms with Crippen molar-refractivity contribution in [3.05, 3.63) is 35.9 Å². The van der Waals surface area contributed by atoms with Gasteiger partial charge in [0.1, 0.15) is 0 Å². The summed E-state index contributed by atoms with van der Waals surface area (Å²) in [5.41, 5.74) is 0.938. The van der Waals surface area contributed by atoms with E-state index in [1.807, 2.05) is 30.3 Å². The normalized spacial score (nSPS) is 6.90. The molecule has 1 rings (SSSR count). The van der Waals surface area contributed by atoms with Crippen LogP contribution in [0, 0.1) is 12.3 Å². The molecule has 0 nitrogen and oxygen atoms in total. The van der Waals surface area contributed by atoms with Gasteiger partial charge in [0.05, 0.1) is 7.18 Å². The Bertz CT molecular complexity index is 196. The molecule has 0 spiro atoms. The van der Waals surface area contributed by atoms with Crippen molar-refractivity contribution >= 4 is 0 Å². The minimum atomic E-state index is 0.500. The van der Waals surface area contributed by atoms with Gasteiger partial charge in [-0.3, -0.25) is 4.39 Å². The van der Waals surface area contributed by atoms with Crippen LogP contribution in [0.1, 0.15) is 5.56 Å². The standard InChI is InChI=1S/C8H6.CH3F/c1-2-8-6-4-3-5-7-8;1-2/h1,3-7H;1H3. The van der Waals surface area contributed by atoms with Crippen LogP contribution in [0.4, 0.5) is 4.39 Å². The summed E-state index contributed by atoms with van der Waals surface area (Å²) < 4.78 is 9.50. The molecule has 0 aliphatic heterocycles. The van der Waals surface area contributed by atoms with Gasteiger partial charge in [0.25, 0.3) is 0 Å². The lowest BCUT2D eigenvalue weighted by atomic mass is 10.2. The van der Waals surface area contributed by atoms with Crippen molar-refractivity contribution < 1.29 is 4.39 Å². The molecule has 0 amide bonds. The zero-order chi connectivity index (χ0) is 7.82. The Morgan fingerprint density at radius 3 is 2.00 bits per heavy atom. The molecule has 0 bridgehead atoms. The van der Waals surface area contributed by atoms with Gasteiger partial charge in [0.15, 0.2) is 0 Å². The molecule has 1 heteroatoms. The summed E-state index contributed by atoms with van der Waals surface area (Å²) in [6.45, 7) is 0. The van der Waals surface area contributed by atoms with Gasteiger partial charge in [0.2, 0.25) is 0 Å². The van der Waals surface area contributed by atoms with Crippen LogP contribution in [-0.2, 0) is 0 Å². The average molecular weight is 136 g/mol. The summed E-state index contributed by atoms with van der Waals surface area (Å²) in [6, 6.07) is 9.60. The Morgan fingerprint density at radius 1 is 1.20 bits per heavy atom. The fourth-order valence-electron chi connectivity index (χ4n) is 0.534. The lowest BCUT2D eigenvalue weighted by Gasteiger charge is -1.82. The Labute approximate surface area is 60.7 Å². The predicted octanol–water partition coefficient (Wildman–Crippen LogP) is 2.25. The first-order valence-corrected chi connectivity index (χ1v) is 2.83. The van der Waals surface area contributed by atoms with E-state index in [2.05, 4.69) is 5.92 Å². The number of terminal acetylenes is 1. The maximum absolute atomic E-state index is 9.50. The molecule has 10 heavy (non-hydrogen) atoms. The smallest absolute Gasteiger partial charge is 0.0785 e. The minimum absolute atomic E-state index is 0.500. The molecule has 0 fully saturated rings. The van der Waals surface area contributed by atoms with E-state index in [9.17, 15) is 4.39 Å². The second kappa shape index (κ2) is 5.84. The fraction of sp³-hybridized carbons (Fsp3) is 0.111. The predicted molar refractivity (Wildman–Crippen MR) is 41.4 cm³/mol. The van der Waals surface area contributed by atoms with E-state index < -0.39 is 0 Å². The van der Waals surface area contributed by atoms with E-state index >= 15 is 0 Å². The zero-order valence-corrected chi connectivity index (χ0v) is 5.84. The number of benzene rings is 1. The number of rotatable bonds is 0. The minimum Gasteiger partial charge on any atom is -0.255 e. The van der Waals surface area contributed by atoms with Gasteiger partial charge in [0, 0.05) is 5.56 Å². The fourth-order valence-corrected chi connectivity index (χ4v) is 0.534. The number of hydrogen-bond acceptors (Lipinski definition) is 0. The van der Waals surface area contributed by atoms with Gasteiger partial charge in [-0.25, -0.2) is 0 Å². The van der Waals surface area contributed by atoms with Crippen LogP contribution in [0.5, 0.6) is 0 Å². The molecular weight excluding hydrogens is 127 g/mol. The number of halogens is 1. The van der Waals surface area contributed by atoms with Crippen LogP contribution in [0.15, 0.2) is 30.3 Å². The van der Waals surface area contributed by atoms with Gasteiger partial charge in [-0.15, -0.1) is 6.42 Å². The van der Waals surface area contributed by atoms with Crippen LogP contribution < -0.4 is 0 Å². The number of hydrogen-bond donors (Lipinski definition) is 0. The van der Waals surface area contributed by atoms with Crippen LogP contribution in [0.3, 0.4) is 0 Å². The highest BCUT2D eigenvalue weighted by molar-refractivity contribution is 5.30. The maximum Gasteiger partial charge on any atom is 0.0785 e. The van der Waals surface area contributed by atoms with E-state index in [1.165, 1.54) is 0 Å². The summed E-state index contributed by atoms with van der Waals surface area (Å²) in [4.78, 5) is 0. The molecule has 0 saturated carbocycles. The van der Waals surface area contributed by atoms with Crippen molar-refractivity contribution in [1.29, 1.82) is 0 Å². The molecule has 1 aromatic rings. The first kappa shape index (κ1) is 8.71. The average Bonchev–Trinajstić information content (AvgIpc) is 2.10. The molecule has 0 heterocycles. The molecule has 0 aliphatic rings. The highest BCUT2D eigenvalue weighted by Gasteiger charge is 1.76. The lowest BCUT2D eigenvalue weighted by molar-refractivity contribution is 0.636. The van der Waals surface area contributed by atoms with Crippen LogP contribution in [0.2, 0.25) is 0 Å². The van der Waals surface area contributed by atoms with Crippen molar-refractivity contribution in [2.75, 3.05) is 7.18 Å². The molecule has 0 radical (unpaired) electrons. The molecule has 0 aliphatic carbocycles. The van der Waals surface area contributed by atoms with Crippen LogP contribution in [-0.4, -0.2) is 7.18 Å². The topological polar surface area (TPSA) is 0 Å². The largest absolute Gasteiger partial charge is 0.255 e. The van der Waals surface area contributed by atoms with Crippen molar-refractivity contribution in [1.82, 2.24) is 0 Å². The molecule has 0 aromatic heterocycles. The van der Waals surface area contributed by atoms with E-state index in [0.717, 1.165) is 5.56 Å². The zero-order valence-electron chi connectivity index (χ0n) is 5.84. The first-order valence-electron chi connectivity index (χ1n) is 2.83. The summed E-state index contributed by atoms with van der Waals surface area (Å²) in [5, 5.41) is 0. The van der Waals surface area contributed by atoms with Gasteiger partial charge in [-0.05, 0) is 12.1 Å². The maximum atomic E-state index is 9.50. The number of alkyl halides is 1. The van der Waals surface area contributed by atoms with Gasteiger partial charge >= 0.3 is 0 Å². The van der Waals surface area contributed by atoms with Crippen molar-refractivity contribution in [3.63, 3.8) is 0 Å². The molecule has 1 aromatic carbocycles. The molecular formula is C9H9F. The Balaban J connectivity index is 0.000000371. The first-order chi connectivity index (χ1) is 4.93. The van der Waals surface area contributed by atoms with Crippen LogP contribution in [0.25, 0.3) is 0 Å². The van der Waals surface area contributed by atoms with Gasteiger partial charge in [-0.2, -0.15) is 0 Å². The molecule has 0 atom stereocenters. The molecule has 0 unspecified atom stereocenters. The third-order valence-corrected chi connectivity index (χ3v) is 0.940. The summed E-state index contributed by atoms with van der Waals surface area (Å²) in [7, 11) is 0.500. The lowest BCUT2D eigenvalue weighted by Crippen LogP contribution is -1.66. The summed E-state index contributed by atoms with van der Waals surface area (Å²) >= 11 is 0. The third kappa shape index (κ3) is 2.88. The Hall–Kier alpha value is -1.29. The molecule has 52 valence electrons. The monoisotopic (exact) mass is 136 g/mol. The molecule has 0 N–H and O–H groups in total. The quantitative estimate of drug-likeness (QED) is 0.480. The summed E-state index contributed by atoms with van der Waals surface area (Å²) in [6.07, 6.45) is 5.10. The highest BCUT2D eigenvalue weighted by Crippen LogP contribution is 1.92. The highest BCUT2D eigenvalue weighted by atomic mass is 19.1. The van der Waals surface area contributed by atoms with E-state index in [1.54, 1.807) is 0 Å². The van der Waals surface area contributed by atoms with Gasteiger partial charge < -0.3 is 0 Å². The van der Waals surface area contributed by atoms with Gasteiger partial charge in [-0.1, -0.05) is 24.1 Å². The van der Waals surface area contributed by atoms with Crippen LogP contribution >= 0.6 is 0 Å². The Morgan fingerprint density at radius 2 is 1.70 bits per heavy atom. The summed E-state index contributed by atoms with van der Waals surface area (Å²) in [5.74, 6) is 2.53. The SMILES string of the molecule is C#Cc1ccccc1.CF. The van der Waals surface area contributed by atoms with Crippen molar-refractivity contribution in [3.8, 4) is 12.3 Å². The van der Waals surface area contributed by atoms with Crippen molar-refractivity contribution in [2.45, 2.75) is 0 Å².